The molecule has 0 aromatic heterocycles. The van der Waals surface area contributed by atoms with Crippen LogP contribution in [0.2, 0.25) is 0 Å². The second-order valence-corrected chi connectivity index (χ2v) is 9.08. The van der Waals surface area contributed by atoms with Gasteiger partial charge in [0.2, 0.25) is 10.0 Å². The summed E-state index contributed by atoms with van der Waals surface area (Å²) in [5, 5.41) is 2.82. The number of amides is 1. The third-order valence-electron chi connectivity index (χ3n) is 5.13. The van der Waals surface area contributed by atoms with Gasteiger partial charge in [-0.15, -0.1) is 0 Å². The highest BCUT2D eigenvalue weighted by atomic mass is 32.2. The van der Waals surface area contributed by atoms with Gasteiger partial charge in [-0.3, -0.25) is 9.59 Å². The highest BCUT2D eigenvalue weighted by Gasteiger charge is 2.27. The largest absolute Gasteiger partial charge is 0.495 e. The lowest BCUT2D eigenvalue weighted by Gasteiger charge is -2.21. The average Bonchev–Trinajstić information content (AvgIpc) is 2.79. The van der Waals surface area contributed by atoms with Gasteiger partial charge >= 0.3 is 5.97 Å². The first-order valence-corrected chi connectivity index (χ1v) is 11.7. The van der Waals surface area contributed by atoms with Crippen molar-refractivity contribution < 1.29 is 27.5 Å². The number of aryl methyl sites for hydroxylation is 1. The predicted molar refractivity (Wildman–Crippen MR) is 121 cm³/mol. The molecule has 1 unspecified atom stereocenters. The number of methoxy groups -OCH3 is 2. The molecule has 174 valence electrons. The zero-order valence-corrected chi connectivity index (χ0v) is 19.9. The van der Waals surface area contributed by atoms with Crippen molar-refractivity contribution >= 4 is 21.9 Å². The summed E-state index contributed by atoms with van der Waals surface area (Å²) >= 11 is 0. The maximum Gasteiger partial charge on any atom is 0.307 e. The summed E-state index contributed by atoms with van der Waals surface area (Å²) in [4.78, 5) is 24.9. The number of carbonyl (C=O) groups excluding carboxylic acids is 2. The van der Waals surface area contributed by atoms with Gasteiger partial charge in [0.1, 0.15) is 10.6 Å². The Balaban J connectivity index is 2.42. The average molecular weight is 463 g/mol. The fourth-order valence-corrected chi connectivity index (χ4v) is 4.90. The van der Waals surface area contributed by atoms with Crippen molar-refractivity contribution in [2.75, 3.05) is 27.3 Å². The zero-order valence-electron chi connectivity index (χ0n) is 19.0. The molecule has 2 aromatic rings. The van der Waals surface area contributed by atoms with E-state index in [0.717, 1.165) is 11.1 Å². The van der Waals surface area contributed by atoms with E-state index in [-0.39, 0.29) is 35.7 Å². The highest BCUT2D eigenvalue weighted by molar-refractivity contribution is 7.89. The molecule has 0 saturated carbocycles. The quantitative estimate of drug-likeness (QED) is 0.545. The predicted octanol–water partition coefficient (Wildman–Crippen LogP) is 3.07. The Morgan fingerprint density at radius 3 is 2.19 bits per heavy atom. The van der Waals surface area contributed by atoms with Gasteiger partial charge in [0, 0.05) is 18.7 Å². The summed E-state index contributed by atoms with van der Waals surface area (Å²) in [6, 6.07) is 11.0. The summed E-state index contributed by atoms with van der Waals surface area (Å²) in [5.74, 6) is -0.841. The van der Waals surface area contributed by atoms with Crippen LogP contribution in [0.3, 0.4) is 0 Å². The first-order valence-electron chi connectivity index (χ1n) is 10.3. The first kappa shape index (κ1) is 25.4. The molecule has 1 amide bonds. The molecule has 9 heteroatoms. The number of rotatable bonds is 10. The Labute approximate surface area is 189 Å². The standard InChI is InChI=1S/C23H30N2O6S/c1-6-25(7-2)32(28,29)21-14-18(12-13-20(21)30-4)23(27)24-19(15-22(26)31-5)17-10-8-16(3)9-11-17/h8-14,19H,6-7,15H2,1-5H3,(H,24,27). The van der Waals surface area contributed by atoms with Crippen LogP contribution < -0.4 is 10.1 Å². The number of hydrogen-bond donors (Lipinski definition) is 1. The molecule has 8 nitrogen and oxygen atoms in total. The third-order valence-corrected chi connectivity index (χ3v) is 7.20. The van der Waals surface area contributed by atoms with Crippen molar-refractivity contribution in [2.45, 2.75) is 38.1 Å². The van der Waals surface area contributed by atoms with Crippen LogP contribution in [-0.4, -0.2) is 51.9 Å². The fourth-order valence-electron chi connectivity index (χ4n) is 3.26. The molecule has 0 radical (unpaired) electrons. The zero-order chi connectivity index (χ0) is 23.9. The number of hydrogen-bond acceptors (Lipinski definition) is 6. The lowest BCUT2D eigenvalue weighted by molar-refractivity contribution is -0.141. The van der Waals surface area contributed by atoms with Gasteiger partial charge in [0.25, 0.3) is 5.91 Å². The molecule has 0 heterocycles. The maximum absolute atomic E-state index is 13.1. The van der Waals surface area contributed by atoms with Crippen molar-refractivity contribution in [3.8, 4) is 5.75 Å². The molecular formula is C23H30N2O6S. The molecule has 32 heavy (non-hydrogen) atoms. The highest BCUT2D eigenvalue weighted by Crippen LogP contribution is 2.28. The normalized spacial score (nSPS) is 12.3. The molecule has 0 spiro atoms. The van der Waals surface area contributed by atoms with Crippen molar-refractivity contribution in [3.05, 3.63) is 59.2 Å². The summed E-state index contributed by atoms with van der Waals surface area (Å²) in [6.45, 7) is 5.99. The van der Waals surface area contributed by atoms with Crippen LogP contribution in [0.4, 0.5) is 0 Å². The van der Waals surface area contributed by atoms with Crippen molar-refractivity contribution in [1.82, 2.24) is 9.62 Å². The van der Waals surface area contributed by atoms with E-state index in [9.17, 15) is 18.0 Å². The fraction of sp³-hybridized carbons (Fsp3) is 0.391. The van der Waals surface area contributed by atoms with E-state index in [1.165, 1.54) is 36.7 Å². The van der Waals surface area contributed by atoms with Crippen LogP contribution in [0, 0.1) is 6.92 Å². The van der Waals surface area contributed by atoms with Crippen molar-refractivity contribution in [1.29, 1.82) is 0 Å². The van der Waals surface area contributed by atoms with E-state index >= 15 is 0 Å². The van der Waals surface area contributed by atoms with E-state index in [1.54, 1.807) is 13.8 Å². The Morgan fingerprint density at radius 2 is 1.66 bits per heavy atom. The molecule has 0 fully saturated rings. The van der Waals surface area contributed by atoms with Crippen LogP contribution >= 0.6 is 0 Å². The SMILES string of the molecule is CCN(CC)S(=O)(=O)c1cc(C(=O)NC(CC(=O)OC)c2ccc(C)cc2)ccc1OC. The van der Waals surface area contributed by atoms with Gasteiger partial charge < -0.3 is 14.8 Å². The Bertz CT molecular complexity index is 1050. The van der Waals surface area contributed by atoms with Gasteiger partial charge in [0.05, 0.1) is 26.7 Å². The number of nitrogens with one attached hydrogen (secondary N) is 1. The molecule has 0 aliphatic rings. The number of ether oxygens (including phenoxy) is 2. The molecule has 0 aliphatic heterocycles. The van der Waals surface area contributed by atoms with Crippen LogP contribution in [0.25, 0.3) is 0 Å². The van der Waals surface area contributed by atoms with E-state index in [2.05, 4.69) is 5.32 Å². The minimum Gasteiger partial charge on any atom is -0.495 e. The van der Waals surface area contributed by atoms with Crippen molar-refractivity contribution in [3.63, 3.8) is 0 Å². The molecule has 1 N–H and O–H groups in total. The molecular weight excluding hydrogens is 432 g/mol. The first-order chi connectivity index (χ1) is 15.2. The van der Waals surface area contributed by atoms with Gasteiger partial charge in [-0.2, -0.15) is 4.31 Å². The van der Waals surface area contributed by atoms with Crippen LogP contribution in [0.1, 0.15) is 47.8 Å². The van der Waals surface area contributed by atoms with Gasteiger partial charge in [0.15, 0.2) is 0 Å². The molecule has 0 saturated heterocycles. The van der Waals surface area contributed by atoms with Crippen LogP contribution in [-0.2, 0) is 19.6 Å². The molecule has 0 aliphatic carbocycles. The minimum absolute atomic E-state index is 0.0634. The monoisotopic (exact) mass is 462 g/mol. The Kier molecular flexibility index (Phi) is 8.80. The van der Waals surface area contributed by atoms with E-state index < -0.39 is 27.9 Å². The number of benzene rings is 2. The van der Waals surface area contributed by atoms with Crippen LogP contribution in [0.15, 0.2) is 47.4 Å². The second kappa shape index (κ2) is 11.1. The summed E-state index contributed by atoms with van der Waals surface area (Å²) in [7, 11) is -1.20. The lowest BCUT2D eigenvalue weighted by Crippen LogP contribution is -2.32. The summed E-state index contributed by atoms with van der Waals surface area (Å²) < 4.78 is 37.4. The van der Waals surface area contributed by atoms with Gasteiger partial charge in [-0.1, -0.05) is 43.7 Å². The molecule has 1 atom stereocenters. The molecule has 2 rings (SSSR count). The number of nitrogens with zero attached hydrogens (tertiary/aromatic N) is 1. The van der Waals surface area contributed by atoms with E-state index in [0.29, 0.717) is 0 Å². The smallest absolute Gasteiger partial charge is 0.307 e. The molecule has 2 aromatic carbocycles. The summed E-state index contributed by atoms with van der Waals surface area (Å²) in [6.07, 6.45) is -0.0634. The Morgan fingerprint density at radius 1 is 1.03 bits per heavy atom. The summed E-state index contributed by atoms with van der Waals surface area (Å²) in [5.41, 5.74) is 1.91. The lowest BCUT2D eigenvalue weighted by atomic mass is 10.0. The number of esters is 1. The van der Waals surface area contributed by atoms with Crippen LogP contribution in [0.5, 0.6) is 5.75 Å². The Hall–Kier alpha value is -2.91. The number of sulfonamides is 1. The van der Waals surface area contributed by atoms with E-state index in [1.807, 2.05) is 31.2 Å². The third kappa shape index (κ3) is 5.86. The van der Waals surface area contributed by atoms with E-state index in [4.69, 9.17) is 9.47 Å². The topological polar surface area (TPSA) is 102 Å². The minimum atomic E-state index is -3.85. The van der Waals surface area contributed by atoms with Gasteiger partial charge in [-0.25, -0.2) is 8.42 Å². The molecule has 0 bridgehead atoms. The van der Waals surface area contributed by atoms with Gasteiger partial charge in [-0.05, 0) is 30.7 Å². The number of carbonyl (C=O) groups is 2. The van der Waals surface area contributed by atoms with Crippen molar-refractivity contribution in [2.24, 2.45) is 0 Å². The maximum atomic E-state index is 13.1. The second-order valence-electron chi connectivity index (χ2n) is 7.17.